The first-order chi connectivity index (χ1) is 17.2. The number of nitrogens with zero attached hydrogens (tertiary/aromatic N) is 2. The van der Waals surface area contributed by atoms with E-state index < -0.39 is 17.7 Å². The number of ether oxygens (including phenoxy) is 1. The highest BCUT2D eigenvalue weighted by atomic mass is 32.1. The van der Waals surface area contributed by atoms with E-state index in [4.69, 9.17) is 9.72 Å². The van der Waals surface area contributed by atoms with Crippen molar-refractivity contribution in [3.05, 3.63) is 81.6 Å². The summed E-state index contributed by atoms with van der Waals surface area (Å²) < 4.78 is 6.64. The molecule has 1 unspecified atom stereocenters. The van der Waals surface area contributed by atoms with Crippen molar-refractivity contribution in [2.75, 3.05) is 4.90 Å². The van der Waals surface area contributed by atoms with Crippen LogP contribution in [0.25, 0.3) is 16.0 Å². The number of aliphatic hydroxyl groups is 1. The third-order valence-corrected chi connectivity index (χ3v) is 7.97. The molecule has 1 aliphatic heterocycles. The summed E-state index contributed by atoms with van der Waals surface area (Å²) in [5.74, 6) is -0.619. The molecule has 4 aromatic rings. The summed E-state index contributed by atoms with van der Waals surface area (Å²) in [6, 6.07) is 15.9. The molecule has 1 aliphatic rings. The van der Waals surface area contributed by atoms with Gasteiger partial charge in [-0.15, -0.1) is 11.3 Å². The standard InChI is InChI=1S/C28H26N2O4S2/c1-15(2)18-9-12-20-22(14-18)36-28(29-20)30-24(21-6-5-13-35-21)23(26(32)27(30)33)25(31)17-7-10-19(11-8-17)34-16(3)4/h5-16,24,31H,1-4H3/b25-23+. The summed E-state index contributed by atoms with van der Waals surface area (Å²) in [6.45, 7) is 8.12. The molecule has 36 heavy (non-hydrogen) atoms. The molecule has 3 heterocycles. The zero-order valence-corrected chi connectivity index (χ0v) is 22.0. The first kappa shape index (κ1) is 24.2. The number of fused-ring (bicyclic) bond motifs is 1. The Morgan fingerprint density at radius 3 is 2.44 bits per heavy atom. The highest BCUT2D eigenvalue weighted by Crippen LogP contribution is 2.45. The lowest BCUT2D eigenvalue weighted by Crippen LogP contribution is -2.28. The predicted molar refractivity (Wildman–Crippen MR) is 145 cm³/mol. The average Bonchev–Trinajstić information content (AvgIpc) is 3.57. The number of ketones is 1. The van der Waals surface area contributed by atoms with Crippen LogP contribution in [-0.4, -0.2) is 27.9 Å². The van der Waals surface area contributed by atoms with Gasteiger partial charge in [0, 0.05) is 10.4 Å². The summed E-state index contributed by atoms with van der Waals surface area (Å²) in [7, 11) is 0. The molecule has 2 aromatic carbocycles. The summed E-state index contributed by atoms with van der Waals surface area (Å²) in [5.41, 5.74) is 2.45. The molecule has 1 N–H and O–H groups in total. The van der Waals surface area contributed by atoms with Crippen LogP contribution in [0.4, 0.5) is 5.13 Å². The van der Waals surface area contributed by atoms with E-state index in [1.165, 1.54) is 33.1 Å². The molecular formula is C28H26N2O4S2. The lowest BCUT2D eigenvalue weighted by Gasteiger charge is -2.21. The number of anilines is 1. The Balaban J connectivity index is 1.62. The predicted octanol–water partition coefficient (Wildman–Crippen LogP) is 6.89. The number of rotatable bonds is 6. The van der Waals surface area contributed by atoms with Crippen LogP contribution in [0.5, 0.6) is 5.75 Å². The van der Waals surface area contributed by atoms with Crippen molar-refractivity contribution in [3.8, 4) is 5.75 Å². The number of thiophene rings is 1. The average molecular weight is 519 g/mol. The van der Waals surface area contributed by atoms with Crippen LogP contribution in [0.2, 0.25) is 0 Å². The van der Waals surface area contributed by atoms with Crippen LogP contribution < -0.4 is 9.64 Å². The van der Waals surface area contributed by atoms with Crippen LogP contribution in [0.1, 0.15) is 55.7 Å². The second-order valence-electron chi connectivity index (χ2n) is 9.25. The van der Waals surface area contributed by atoms with E-state index >= 15 is 0 Å². The first-order valence-electron chi connectivity index (χ1n) is 11.8. The molecule has 1 atom stereocenters. The minimum Gasteiger partial charge on any atom is -0.507 e. The van der Waals surface area contributed by atoms with E-state index in [9.17, 15) is 14.7 Å². The molecule has 0 radical (unpaired) electrons. The number of aromatic nitrogens is 1. The van der Waals surface area contributed by atoms with Crippen molar-refractivity contribution in [1.29, 1.82) is 0 Å². The lowest BCUT2D eigenvalue weighted by molar-refractivity contribution is -0.132. The maximum atomic E-state index is 13.4. The molecule has 0 saturated carbocycles. The second kappa shape index (κ2) is 9.52. The molecular weight excluding hydrogens is 492 g/mol. The second-order valence-corrected chi connectivity index (χ2v) is 11.2. The minimum atomic E-state index is -0.762. The fraction of sp³-hybridized carbons (Fsp3) is 0.250. The van der Waals surface area contributed by atoms with Gasteiger partial charge in [0.05, 0.1) is 21.9 Å². The van der Waals surface area contributed by atoms with E-state index in [-0.39, 0.29) is 17.4 Å². The number of Topliss-reactive ketones (excluding diaryl/α,β-unsaturated/α-hetero) is 1. The SMILES string of the molecule is CC(C)Oc1ccc(/C(O)=C2\C(=O)C(=O)N(c3nc4ccc(C(C)C)cc4s3)C2c2cccs2)cc1. The molecule has 1 fully saturated rings. The number of hydrogen-bond donors (Lipinski definition) is 1. The Bertz CT molecular complexity index is 1470. The van der Waals surface area contributed by atoms with Crippen molar-refractivity contribution < 1.29 is 19.4 Å². The Morgan fingerprint density at radius 2 is 1.81 bits per heavy atom. The van der Waals surface area contributed by atoms with Crippen LogP contribution in [0.15, 0.2) is 65.6 Å². The van der Waals surface area contributed by atoms with Gasteiger partial charge >= 0.3 is 5.91 Å². The molecule has 1 amide bonds. The normalized spacial score (nSPS) is 17.6. The number of carbonyl (C=O) groups is 2. The van der Waals surface area contributed by atoms with Gasteiger partial charge in [0.15, 0.2) is 5.13 Å². The summed E-state index contributed by atoms with van der Waals surface area (Å²) in [5, 5.41) is 13.6. The molecule has 0 aliphatic carbocycles. The van der Waals surface area contributed by atoms with E-state index in [0.29, 0.717) is 22.4 Å². The van der Waals surface area contributed by atoms with Crippen molar-refractivity contribution in [2.24, 2.45) is 0 Å². The zero-order valence-electron chi connectivity index (χ0n) is 20.4. The summed E-state index contributed by atoms with van der Waals surface area (Å²) >= 11 is 2.80. The fourth-order valence-corrected chi connectivity index (χ4v) is 6.12. The molecule has 184 valence electrons. The van der Waals surface area contributed by atoms with E-state index in [2.05, 4.69) is 19.9 Å². The number of amides is 1. The Kier molecular flexibility index (Phi) is 6.40. The number of thiazole rings is 1. The van der Waals surface area contributed by atoms with Gasteiger partial charge in [0.25, 0.3) is 5.78 Å². The number of carbonyl (C=O) groups excluding carboxylic acids is 2. The van der Waals surface area contributed by atoms with Gasteiger partial charge in [-0.05, 0) is 73.2 Å². The smallest absolute Gasteiger partial charge is 0.301 e. The van der Waals surface area contributed by atoms with Crippen LogP contribution in [-0.2, 0) is 9.59 Å². The third-order valence-electron chi connectivity index (χ3n) is 6.03. The van der Waals surface area contributed by atoms with Gasteiger partial charge in [-0.25, -0.2) is 4.98 Å². The highest BCUT2D eigenvalue weighted by molar-refractivity contribution is 7.22. The van der Waals surface area contributed by atoms with Crippen LogP contribution in [0, 0.1) is 0 Å². The van der Waals surface area contributed by atoms with Gasteiger partial charge in [-0.1, -0.05) is 37.3 Å². The van der Waals surface area contributed by atoms with Crippen molar-refractivity contribution in [3.63, 3.8) is 0 Å². The number of benzene rings is 2. The summed E-state index contributed by atoms with van der Waals surface area (Å²) in [4.78, 5) is 33.6. The monoisotopic (exact) mass is 518 g/mol. The maximum absolute atomic E-state index is 13.4. The van der Waals surface area contributed by atoms with Gasteiger partial charge < -0.3 is 9.84 Å². The number of aliphatic hydroxyl groups excluding tert-OH is 1. The molecule has 1 saturated heterocycles. The molecule has 8 heteroatoms. The van der Waals surface area contributed by atoms with Crippen LogP contribution in [0.3, 0.4) is 0 Å². The van der Waals surface area contributed by atoms with Crippen molar-refractivity contribution in [2.45, 2.75) is 45.8 Å². The van der Waals surface area contributed by atoms with Crippen LogP contribution >= 0.6 is 22.7 Å². The lowest BCUT2D eigenvalue weighted by atomic mass is 10.00. The quantitative estimate of drug-likeness (QED) is 0.171. The molecule has 2 aromatic heterocycles. The topological polar surface area (TPSA) is 79.7 Å². The Morgan fingerprint density at radius 1 is 1.06 bits per heavy atom. The largest absolute Gasteiger partial charge is 0.507 e. The molecule has 0 spiro atoms. The third kappa shape index (κ3) is 4.31. The maximum Gasteiger partial charge on any atom is 0.301 e. The van der Waals surface area contributed by atoms with Gasteiger partial charge in [-0.2, -0.15) is 0 Å². The van der Waals surface area contributed by atoms with E-state index in [1.54, 1.807) is 24.3 Å². The molecule has 0 bridgehead atoms. The molecule has 5 rings (SSSR count). The number of hydrogen-bond acceptors (Lipinski definition) is 7. The Labute approximate surface area is 217 Å². The minimum absolute atomic E-state index is 0.0130. The van der Waals surface area contributed by atoms with Gasteiger partial charge in [0.2, 0.25) is 0 Å². The first-order valence-corrected chi connectivity index (χ1v) is 13.5. The van der Waals surface area contributed by atoms with E-state index in [0.717, 1.165) is 15.1 Å². The molecule has 6 nitrogen and oxygen atoms in total. The van der Waals surface area contributed by atoms with Crippen molar-refractivity contribution in [1.82, 2.24) is 4.98 Å². The zero-order chi connectivity index (χ0) is 25.6. The summed E-state index contributed by atoms with van der Waals surface area (Å²) in [6.07, 6.45) is 0.0130. The Hall–Kier alpha value is -3.49. The van der Waals surface area contributed by atoms with Gasteiger partial charge in [0.1, 0.15) is 17.6 Å². The van der Waals surface area contributed by atoms with E-state index in [1.807, 2.05) is 43.5 Å². The highest BCUT2D eigenvalue weighted by Gasteiger charge is 2.48. The van der Waals surface area contributed by atoms with Gasteiger partial charge in [-0.3, -0.25) is 14.5 Å². The van der Waals surface area contributed by atoms with Crippen molar-refractivity contribution >= 4 is 55.5 Å². The fourth-order valence-electron chi connectivity index (χ4n) is 4.26.